The number of amides is 6. The molecule has 16 nitrogen and oxygen atoms in total. The van der Waals surface area contributed by atoms with Crippen LogP contribution in [0.15, 0.2) is 30.5 Å². The minimum atomic E-state index is -1.16. The van der Waals surface area contributed by atoms with E-state index in [0.29, 0.717) is 12.8 Å². The summed E-state index contributed by atoms with van der Waals surface area (Å²) in [6, 6.07) is 2.05. The van der Waals surface area contributed by atoms with Crippen LogP contribution in [0.4, 0.5) is 0 Å². The van der Waals surface area contributed by atoms with Gasteiger partial charge < -0.3 is 47.7 Å². The predicted molar refractivity (Wildman–Crippen MR) is 175 cm³/mol. The first-order valence-electron chi connectivity index (χ1n) is 16.0. The number of carbonyl (C=O) groups excluding carboxylic acids is 6. The standard InChI is InChI=1S/C32H46N8O8/c1-17(2)13-24(32(47)48)39-31(46)25-9-6-12-40(25)27(42)16-36-28(43)18(3)37-30(45)23(38-29(44)21(33)10-11-26(34)41)14-19-15-35-22-8-5-4-7-20(19)22/h4-5,7-8,15,17-18,21,23-25,35H,6,9-14,16,33H2,1-3H3,(H2,34,41)(H,36,43)(H,37,45)(H,38,44)(H,39,46)(H,47,48). The van der Waals surface area contributed by atoms with Crippen LogP contribution in [0.1, 0.15) is 58.4 Å². The number of likely N-dealkylation sites (tertiary alicyclic amines) is 1. The lowest BCUT2D eigenvalue weighted by Crippen LogP contribution is -2.56. The summed E-state index contributed by atoms with van der Waals surface area (Å²) in [5.41, 5.74) is 12.6. The normalized spacial score (nSPS) is 16.9. The van der Waals surface area contributed by atoms with Gasteiger partial charge in [-0.25, -0.2) is 4.79 Å². The molecule has 1 saturated heterocycles. The maximum Gasteiger partial charge on any atom is 0.326 e. The number of hydrogen-bond acceptors (Lipinski definition) is 8. The first kappa shape index (κ1) is 37.5. The van der Waals surface area contributed by atoms with Crippen molar-refractivity contribution in [2.45, 2.75) is 89.5 Å². The van der Waals surface area contributed by atoms with Gasteiger partial charge in [-0.2, -0.15) is 0 Å². The number of aliphatic carboxylic acids is 1. The van der Waals surface area contributed by atoms with Crippen LogP contribution < -0.4 is 32.7 Å². The molecule has 2 aromatic rings. The number of nitrogens with zero attached hydrogens (tertiary/aromatic N) is 1. The zero-order valence-corrected chi connectivity index (χ0v) is 27.4. The highest BCUT2D eigenvalue weighted by molar-refractivity contribution is 5.96. The van der Waals surface area contributed by atoms with Gasteiger partial charge in [-0.05, 0) is 50.2 Å². The molecule has 0 spiro atoms. The summed E-state index contributed by atoms with van der Waals surface area (Å²) >= 11 is 0. The van der Waals surface area contributed by atoms with Crippen molar-refractivity contribution in [1.82, 2.24) is 31.2 Å². The summed E-state index contributed by atoms with van der Waals surface area (Å²) in [5.74, 6) is -4.92. The Labute approximate surface area is 278 Å². The SMILES string of the molecule is CC(C)CC(NC(=O)C1CCCN1C(=O)CNC(=O)C(C)NC(=O)C(Cc1c[nH]c2ccccc12)NC(=O)C(N)CCC(N)=O)C(=O)O. The molecule has 5 unspecified atom stereocenters. The highest BCUT2D eigenvalue weighted by atomic mass is 16.4. The van der Waals surface area contributed by atoms with Crippen molar-refractivity contribution in [3.05, 3.63) is 36.0 Å². The molecule has 1 aromatic heterocycles. The van der Waals surface area contributed by atoms with Crippen LogP contribution in [-0.4, -0.2) is 99.7 Å². The molecule has 0 aliphatic carbocycles. The van der Waals surface area contributed by atoms with Gasteiger partial charge in [0.05, 0.1) is 12.6 Å². The highest BCUT2D eigenvalue weighted by Gasteiger charge is 2.36. The van der Waals surface area contributed by atoms with E-state index < -0.39 is 78.2 Å². The van der Waals surface area contributed by atoms with E-state index in [1.165, 1.54) is 11.8 Å². The monoisotopic (exact) mass is 670 g/mol. The summed E-state index contributed by atoms with van der Waals surface area (Å²) in [7, 11) is 0. The Morgan fingerprint density at radius 1 is 0.979 bits per heavy atom. The summed E-state index contributed by atoms with van der Waals surface area (Å²) in [4.78, 5) is 92.3. The number of nitrogens with two attached hydrogens (primary N) is 2. The number of H-pyrrole nitrogens is 1. The van der Waals surface area contributed by atoms with E-state index in [4.69, 9.17) is 11.5 Å². The number of carboxylic acid groups (broad SMARTS) is 1. The number of carbonyl (C=O) groups is 7. The van der Waals surface area contributed by atoms with Crippen molar-refractivity contribution < 1.29 is 38.7 Å². The van der Waals surface area contributed by atoms with Crippen LogP contribution >= 0.6 is 0 Å². The van der Waals surface area contributed by atoms with Crippen LogP contribution in [-0.2, 0) is 40.0 Å². The predicted octanol–water partition coefficient (Wildman–Crippen LogP) is -0.985. The second kappa shape index (κ2) is 17.2. The van der Waals surface area contributed by atoms with Crippen LogP contribution in [0.25, 0.3) is 10.9 Å². The average Bonchev–Trinajstić information content (AvgIpc) is 3.69. The minimum Gasteiger partial charge on any atom is -0.480 e. The highest BCUT2D eigenvalue weighted by Crippen LogP contribution is 2.20. The van der Waals surface area contributed by atoms with Gasteiger partial charge in [0, 0.05) is 36.5 Å². The van der Waals surface area contributed by atoms with Crippen molar-refractivity contribution in [1.29, 1.82) is 0 Å². The van der Waals surface area contributed by atoms with E-state index in [2.05, 4.69) is 26.3 Å². The second-order valence-electron chi connectivity index (χ2n) is 12.5. The second-order valence-corrected chi connectivity index (χ2v) is 12.5. The topological polar surface area (TPSA) is 259 Å². The zero-order chi connectivity index (χ0) is 35.5. The molecule has 0 saturated carbocycles. The number of hydrogen-bond donors (Lipinski definition) is 8. The maximum atomic E-state index is 13.4. The zero-order valence-electron chi connectivity index (χ0n) is 27.4. The molecule has 1 fully saturated rings. The minimum absolute atomic E-state index is 0.0208. The van der Waals surface area contributed by atoms with Gasteiger partial charge in [0.25, 0.3) is 0 Å². The quantitative estimate of drug-likeness (QED) is 0.103. The lowest BCUT2D eigenvalue weighted by Gasteiger charge is -2.26. The molecular weight excluding hydrogens is 624 g/mol. The Kier molecular flexibility index (Phi) is 13.5. The average molecular weight is 671 g/mol. The van der Waals surface area contributed by atoms with Crippen LogP contribution in [0.5, 0.6) is 0 Å². The molecule has 0 bridgehead atoms. The summed E-state index contributed by atoms with van der Waals surface area (Å²) in [5, 5.41) is 20.5. The summed E-state index contributed by atoms with van der Waals surface area (Å²) < 4.78 is 0. The first-order chi connectivity index (χ1) is 22.7. The van der Waals surface area contributed by atoms with E-state index in [1.54, 1.807) is 6.20 Å². The number of aromatic nitrogens is 1. The van der Waals surface area contributed by atoms with Crippen molar-refractivity contribution in [2.24, 2.45) is 17.4 Å². The van der Waals surface area contributed by atoms with Gasteiger partial charge in [-0.15, -0.1) is 0 Å². The molecular formula is C32H46N8O8. The molecule has 262 valence electrons. The van der Waals surface area contributed by atoms with E-state index in [-0.39, 0.29) is 38.1 Å². The largest absolute Gasteiger partial charge is 0.480 e. The number of nitrogens with one attached hydrogen (secondary N) is 5. The van der Waals surface area contributed by atoms with Gasteiger partial charge in [0.15, 0.2) is 0 Å². The summed E-state index contributed by atoms with van der Waals surface area (Å²) in [6.07, 6.45) is 2.74. The van der Waals surface area contributed by atoms with Crippen LogP contribution in [0.3, 0.4) is 0 Å². The molecule has 6 amide bonds. The van der Waals surface area contributed by atoms with Crippen LogP contribution in [0, 0.1) is 5.92 Å². The molecule has 0 radical (unpaired) electrons. The van der Waals surface area contributed by atoms with Gasteiger partial charge in [0.2, 0.25) is 35.4 Å². The molecule has 48 heavy (non-hydrogen) atoms. The Hall–Kier alpha value is -4.99. The van der Waals surface area contributed by atoms with Crippen LogP contribution in [0.2, 0.25) is 0 Å². The number of carboxylic acids is 1. The van der Waals surface area contributed by atoms with Crippen molar-refractivity contribution >= 4 is 52.3 Å². The lowest BCUT2D eigenvalue weighted by molar-refractivity contribution is -0.144. The smallest absolute Gasteiger partial charge is 0.326 e. The first-order valence-corrected chi connectivity index (χ1v) is 16.0. The third-order valence-electron chi connectivity index (χ3n) is 8.13. The number of aromatic amines is 1. The molecule has 2 heterocycles. The molecule has 5 atom stereocenters. The van der Waals surface area contributed by atoms with Gasteiger partial charge in [-0.1, -0.05) is 32.0 Å². The van der Waals surface area contributed by atoms with E-state index >= 15 is 0 Å². The molecule has 1 aliphatic rings. The fourth-order valence-electron chi connectivity index (χ4n) is 5.53. The van der Waals surface area contributed by atoms with Crippen molar-refractivity contribution in [3.8, 4) is 0 Å². The van der Waals surface area contributed by atoms with E-state index in [9.17, 15) is 38.7 Å². The molecule has 10 N–H and O–H groups in total. The third-order valence-corrected chi connectivity index (χ3v) is 8.13. The van der Waals surface area contributed by atoms with Gasteiger partial charge >= 0.3 is 5.97 Å². The van der Waals surface area contributed by atoms with Gasteiger partial charge in [0.1, 0.15) is 24.2 Å². The van der Waals surface area contributed by atoms with E-state index in [1.807, 2.05) is 38.1 Å². The Balaban J connectivity index is 1.62. The molecule has 16 heteroatoms. The molecule has 3 rings (SSSR count). The number of primary amides is 1. The fraction of sp³-hybridized carbons (Fsp3) is 0.531. The van der Waals surface area contributed by atoms with Gasteiger partial charge in [-0.3, -0.25) is 28.8 Å². The Morgan fingerprint density at radius 2 is 1.69 bits per heavy atom. The number of rotatable bonds is 17. The van der Waals surface area contributed by atoms with Crippen molar-refractivity contribution in [3.63, 3.8) is 0 Å². The van der Waals surface area contributed by atoms with E-state index in [0.717, 1.165) is 16.5 Å². The van der Waals surface area contributed by atoms with Crippen molar-refractivity contribution in [2.75, 3.05) is 13.1 Å². The number of para-hydroxylation sites is 1. The number of benzene rings is 1. The maximum absolute atomic E-state index is 13.4. The third kappa shape index (κ3) is 10.5. The fourth-order valence-corrected chi connectivity index (χ4v) is 5.53. The lowest BCUT2D eigenvalue weighted by atomic mass is 10.0. The Morgan fingerprint density at radius 3 is 2.35 bits per heavy atom. The molecule has 1 aliphatic heterocycles. The molecule has 1 aromatic carbocycles. The summed E-state index contributed by atoms with van der Waals surface area (Å²) in [6.45, 7) is 4.89. The Bertz CT molecular complexity index is 1510. The number of fused-ring (bicyclic) bond motifs is 1.